The molecule has 1 aliphatic carbocycles. The number of halogens is 1. The summed E-state index contributed by atoms with van der Waals surface area (Å²) < 4.78 is 0.953. The van der Waals surface area contributed by atoms with Crippen molar-refractivity contribution in [3.05, 3.63) is 104 Å². The third-order valence-corrected chi connectivity index (χ3v) is 6.54. The number of carbonyl (C=O) groups is 1. The highest BCUT2D eigenvalue weighted by molar-refractivity contribution is 9.10. The maximum absolute atomic E-state index is 12.9. The monoisotopic (exact) mass is 528 g/mol. The molecular formula is C27H21BrN4O3. The molecule has 7 nitrogen and oxygen atoms in total. The van der Waals surface area contributed by atoms with Gasteiger partial charge in [0.25, 0.3) is 0 Å². The Balaban J connectivity index is 1.53. The van der Waals surface area contributed by atoms with E-state index in [-0.39, 0.29) is 23.8 Å². The summed E-state index contributed by atoms with van der Waals surface area (Å²) in [6, 6.07) is 20.6. The van der Waals surface area contributed by atoms with Crippen LogP contribution in [0.25, 0.3) is 11.3 Å². The van der Waals surface area contributed by atoms with Gasteiger partial charge in [0.1, 0.15) is 5.75 Å². The standard InChI is InChI=1S/C27H21BrN4O3/c28-18-8-6-17(7-9-18)15-24(34)31-27-22(14-16-4-2-1-3-5-16)29-25-19-11-13-23(33)26(32-35)20(19)10-12-21(25)30-27/h1-9,11,13,33H,10,12,14-15H2,(H,30,31,34). The van der Waals surface area contributed by atoms with E-state index in [2.05, 4.69) is 26.4 Å². The Morgan fingerprint density at radius 2 is 1.74 bits per heavy atom. The molecule has 0 aliphatic heterocycles. The van der Waals surface area contributed by atoms with Gasteiger partial charge >= 0.3 is 0 Å². The number of nitrogens with zero attached hydrogens (tertiary/aromatic N) is 3. The lowest BCUT2D eigenvalue weighted by atomic mass is 9.90. The number of fused-ring (bicyclic) bond motifs is 3. The number of nitrogens with one attached hydrogen (secondary N) is 1. The number of benzene rings is 3. The van der Waals surface area contributed by atoms with Crippen molar-refractivity contribution in [2.24, 2.45) is 5.18 Å². The van der Waals surface area contributed by atoms with Gasteiger partial charge in [-0.05, 0) is 59.0 Å². The Morgan fingerprint density at radius 3 is 2.49 bits per heavy atom. The normalized spacial score (nSPS) is 11.9. The fourth-order valence-corrected chi connectivity index (χ4v) is 4.58. The van der Waals surface area contributed by atoms with Crippen LogP contribution in [0, 0.1) is 4.91 Å². The zero-order valence-electron chi connectivity index (χ0n) is 18.7. The van der Waals surface area contributed by atoms with Crippen LogP contribution >= 0.6 is 15.9 Å². The second kappa shape index (κ2) is 9.76. The SMILES string of the molecule is O=Nc1c(O)ccc2c1CCc1nc(NC(=O)Cc3ccc(Br)cc3)c(Cc3ccccc3)nc1-2. The Kier molecular flexibility index (Phi) is 6.37. The first kappa shape index (κ1) is 22.9. The lowest BCUT2D eigenvalue weighted by Crippen LogP contribution is -2.20. The minimum atomic E-state index is -0.176. The summed E-state index contributed by atoms with van der Waals surface area (Å²) in [6.45, 7) is 0. The lowest BCUT2D eigenvalue weighted by molar-refractivity contribution is -0.115. The zero-order chi connectivity index (χ0) is 24.4. The molecule has 3 aromatic carbocycles. The summed E-state index contributed by atoms with van der Waals surface area (Å²) in [5.74, 6) is 0.117. The van der Waals surface area contributed by atoms with E-state index in [0.29, 0.717) is 42.0 Å². The number of phenols is 1. The number of aromatic nitrogens is 2. The van der Waals surface area contributed by atoms with Crippen molar-refractivity contribution in [1.29, 1.82) is 0 Å². The highest BCUT2D eigenvalue weighted by Gasteiger charge is 2.26. The zero-order valence-corrected chi connectivity index (χ0v) is 20.2. The number of aromatic hydroxyl groups is 1. The molecule has 0 radical (unpaired) electrons. The van der Waals surface area contributed by atoms with E-state index in [1.54, 1.807) is 6.07 Å². The average Bonchev–Trinajstić information content (AvgIpc) is 2.86. The number of amides is 1. The average molecular weight is 529 g/mol. The molecule has 5 rings (SSSR count). The van der Waals surface area contributed by atoms with Crippen molar-refractivity contribution < 1.29 is 9.90 Å². The Bertz CT molecular complexity index is 1420. The van der Waals surface area contributed by atoms with Crippen molar-refractivity contribution in [2.45, 2.75) is 25.7 Å². The van der Waals surface area contributed by atoms with Crippen LogP contribution in [0.3, 0.4) is 0 Å². The van der Waals surface area contributed by atoms with Crippen LogP contribution < -0.4 is 5.32 Å². The molecule has 0 saturated heterocycles. The van der Waals surface area contributed by atoms with Gasteiger partial charge in [0, 0.05) is 16.5 Å². The van der Waals surface area contributed by atoms with Crippen LogP contribution in [-0.2, 0) is 30.5 Å². The first-order valence-electron chi connectivity index (χ1n) is 11.2. The van der Waals surface area contributed by atoms with E-state index < -0.39 is 0 Å². The molecule has 35 heavy (non-hydrogen) atoms. The minimum Gasteiger partial charge on any atom is -0.506 e. The molecule has 0 saturated carbocycles. The second-order valence-corrected chi connectivity index (χ2v) is 9.29. The van der Waals surface area contributed by atoms with E-state index >= 15 is 0 Å². The molecular weight excluding hydrogens is 508 g/mol. The number of hydrogen-bond donors (Lipinski definition) is 2. The Labute approximate surface area is 210 Å². The minimum absolute atomic E-state index is 0.0476. The summed E-state index contributed by atoms with van der Waals surface area (Å²) in [4.78, 5) is 34.0. The third kappa shape index (κ3) is 4.83. The molecule has 174 valence electrons. The Morgan fingerprint density at radius 1 is 0.971 bits per heavy atom. The molecule has 2 N–H and O–H groups in total. The topological polar surface area (TPSA) is 105 Å². The van der Waals surface area contributed by atoms with Crippen molar-refractivity contribution in [2.75, 3.05) is 5.32 Å². The number of rotatable bonds is 6. The molecule has 1 aliphatic rings. The number of carbonyl (C=O) groups excluding carboxylic acids is 1. The van der Waals surface area contributed by atoms with E-state index in [0.717, 1.165) is 26.9 Å². The van der Waals surface area contributed by atoms with Gasteiger partial charge in [-0.2, -0.15) is 0 Å². The van der Waals surface area contributed by atoms with Gasteiger partial charge in [-0.1, -0.05) is 58.4 Å². The molecule has 0 unspecified atom stereocenters. The number of anilines is 1. The van der Waals surface area contributed by atoms with Gasteiger partial charge in [-0.15, -0.1) is 4.91 Å². The summed E-state index contributed by atoms with van der Waals surface area (Å²) in [5, 5.41) is 16.1. The van der Waals surface area contributed by atoms with Crippen molar-refractivity contribution in [3.63, 3.8) is 0 Å². The maximum atomic E-state index is 12.9. The molecule has 8 heteroatoms. The fraction of sp³-hybridized carbons (Fsp3) is 0.148. The molecule has 4 aromatic rings. The van der Waals surface area contributed by atoms with Gasteiger partial charge in [0.2, 0.25) is 5.91 Å². The second-order valence-electron chi connectivity index (χ2n) is 8.38. The van der Waals surface area contributed by atoms with E-state index in [1.165, 1.54) is 6.07 Å². The molecule has 1 heterocycles. The summed E-state index contributed by atoms with van der Waals surface area (Å²) in [5.41, 5.74) is 5.37. The molecule has 0 spiro atoms. The first-order valence-corrected chi connectivity index (χ1v) is 12.0. The van der Waals surface area contributed by atoms with Crippen LogP contribution in [-0.4, -0.2) is 21.0 Å². The number of phenolic OH excluding ortho intramolecular Hbond substituents is 1. The van der Waals surface area contributed by atoms with Crippen LogP contribution in [0.15, 0.2) is 76.4 Å². The lowest BCUT2D eigenvalue weighted by Gasteiger charge is -2.22. The van der Waals surface area contributed by atoms with E-state index in [9.17, 15) is 14.8 Å². The predicted octanol–water partition coefficient (Wildman–Crippen LogP) is 5.88. The summed E-state index contributed by atoms with van der Waals surface area (Å²) in [7, 11) is 0. The van der Waals surface area contributed by atoms with E-state index in [1.807, 2.05) is 54.6 Å². The van der Waals surface area contributed by atoms with Crippen molar-refractivity contribution >= 4 is 33.3 Å². The van der Waals surface area contributed by atoms with E-state index in [4.69, 9.17) is 9.97 Å². The van der Waals surface area contributed by atoms with Crippen molar-refractivity contribution in [3.8, 4) is 17.0 Å². The van der Waals surface area contributed by atoms with Gasteiger partial charge < -0.3 is 10.4 Å². The smallest absolute Gasteiger partial charge is 0.229 e. The molecule has 0 atom stereocenters. The van der Waals surface area contributed by atoms with Crippen molar-refractivity contribution in [1.82, 2.24) is 9.97 Å². The summed E-state index contributed by atoms with van der Waals surface area (Å²) in [6.07, 6.45) is 1.70. The van der Waals surface area contributed by atoms with Crippen LogP contribution in [0.4, 0.5) is 11.5 Å². The van der Waals surface area contributed by atoms with Gasteiger partial charge in [-0.25, -0.2) is 9.97 Å². The predicted molar refractivity (Wildman–Crippen MR) is 138 cm³/mol. The largest absolute Gasteiger partial charge is 0.506 e. The molecule has 1 aromatic heterocycles. The van der Waals surface area contributed by atoms with Gasteiger partial charge in [0.05, 0.1) is 23.5 Å². The quantitative estimate of drug-likeness (QED) is 0.304. The molecule has 0 fully saturated rings. The maximum Gasteiger partial charge on any atom is 0.229 e. The molecule has 1 amide bonds. The van der Waals surface area contributed by atoms with Gasteiger partial charge in [-0.3, -0.25) is 4.79 Å². The number of hydrogen-bond acceptors (Lipinski definition) is 6. The van der Waals surface area contributed by atoms with Crippen LogP contribution in [0.5, 0.6) is 5.75 Å². The summed E-state index contributed by atoms with van der Waals surface area (Å²) >= 11 is 3.41. The van der Waals surface area contributed by atoms with Crippen LogP contribution in [0.2, 0.25) is 0 Å². The first-order chi connectivity index (χ1) is 17.0. The van der Waals surface area contributed by atoms with Gasteiger partial charge in [0.15, 0.2) is 11.5 Å². The number of aryl methyl sites for hydroxylation is 1. The molecule has 0 bridgehead atoms. The fourth-order valence-electron chi connectivity index (χ4n) is 4.32. The highest BCUT2D eigenvalue weighted by atomic mass is 79.9. The number of nitroso groups, excluding NO2 is 1. The Hall–Kier alpha value is -3.91. The third-order valence-electron chi connectivity index (χ3n) is 6.01. The van der Waals surface area contributed by atoms with Crippen LogP contribution in [0.1, 0.15) is 28.1 Å². The highest BCUT2D eigenvalue weighted by Crippen LogP contribution is 2.42.